The van der Waals surface area contributed by atoms with Gasteiger partial charge in [0.15, 0.2) is 11.6 Å². The Morgan fingerprint density at radius 2 is 1.68 bits per heavy atom. The van der Waals surface area contributed by atoms with Gasteiger partial charge in [-0.1, -0.05) is 60.1 Å². The number of nitrogens with zero attached hydrogens (tertiary/aromatic N) is 2. The summed E-state index contributed by atoms with van der Waals surface area (Å²) in [4.78, 5) is 46.1. The number of aromatic nitrogens is 1. The van der Waals surface area contributed by atoms with Crippen LogP contribution >= 0.6 is 0 Å². The summed E-state index contributed by atoms with van der Waals surface area (Å²) >= 11 is 0. The predicted molar refractivity (Wildman–Crippen MR) is 160 cm³/mol. The van der Waals surface area contributed by atoms with Gasteiger partial charge < -0.3 is 4.79 Å². The molecule has 0 bridgehead atoms. The number of aryl methyl sites for hydroxylation is 1. The summed E-state index contributed by atoms with van der Waals surface area (Å²) in [6.45, 7) is 25.2. The summed E-state index contributed by atoms with van der Waals surface area (Å²) in [6, 6.07) is 3.94. The molecule has 3 saturated carbocycles. The molecule has 1 heterocycles. The van der Waals surface area contributed by atoms with Crippen molar-refractivity contribution in [3.63, 3.8) is 0 Å². The van der Waals surface area contributed by atoms with Crippen molar-refractivity contribution in [1.82, 2.24) is 4.57 Å². The van der Waals surface area contributed by atoms with E-state index in [9.17, 15) is 14.4 Å². The second-order valence-electron chi connectivity index (χ2n) is 16.2. The van der Waals surface area contributed by atoms with Crippen LogP contribution in [0.15, 0.2) is 41.8 Å². The van der Waals surface area contributed by atoms with Gasteiger partial charge in [-0.25, -0.2) is 4.85 Å². The van der Waals surface area contributed by atoms with Crippen LogP contribution < -0.4 is 0 Å². The maximum absolute atomic E-state index is 14.7. The topological polar surface area (TPSA) is 60.5 Å². The first-order valence-electron chi connectivity index (χ1n) is 15.6. The molecule has 6 rings (SSSR count). The highest BCUT2D eigenvalue weighted by atomic mass is 16.2. The molecule has 5 heteroatoms. The Labute approximate surface area is 245 Å². The highest BCUT2D eigenvalue weighted by Crippen LogP contribution is 2.74. The van der Waals surface area contributed by atoms with Gasteiger partial charge in [0, 0.05) is 28.6 Å². The van der Waals surface area contributed by atoms with Crippen LogP contribution in [0.25, 0.3) is 4.85 Å². The first kappa shape index (κ1) is 28.4. The van der Waals surface area contributed by atoms with Gasteiger partial charge in [0.05, 0.1) is 12.0 Å². The summed E-state index contributed by atoms with van der Waals surface area (Å²) < 4.78 is 1.84. The van der Waals surface area contributed by atoms with E-state index in [0.29, 0.717) is 0 Å². The number of hydrogen-bond donors (Lipinski definition) is 0. The monoisotopic (exact) mass is 554 g/mol. The third-order valence-corrected chi connectivity index (χ3v) is 13.4. The minimum atomic E-state index is -0.664. The summed E-state index contributed by atoms with van der Waals surface area (Å²) in [5.41, 5.74) is 0.0184. The standard InChI is InChI=1S/C36H46N2O3/c1-22-11-10-18-38(22)30(41)36-16-14-31(2,3)20-23(36)28-25(39)19-27-33(6)21-24(37-9)29(40)32(4,5)26(33)12-13-34(27,7)35(28,8)15-17-36/h10-11,18-19,21,23,26,28H,12-17,20H2,1-8H3/t23?,26-,28?,33-,34+,35+,36-/m0/s1. The largest absolute Gasteiger partial charge is 0.307 e. The average molecular weight is 555 g/mol. The van der Waals surface area contributed by atoms with E-state index >= 15 is 0 Å². The molecule has 0 amide bonds. The molecule has 1 aromatic rings. The zero-order valence-corrected chi connectivity index (χ0v) is 26.2. The fourth-order valence-electron chi connectivity index (χ4n) is 10.9. The van der Waals surface area contributed by atoms with Crippen LogP contribution in [0.3, 0.4) is 0 Å². The SMILES string of the molecule is [C-]#[N+]C1=C[C@]2(C)C3=CC(=O)C4C5CC(C)(C)CC[C@]5(C(=O)n5cccc5C)CC[C@@]4(C)[C@]3(C)CC[C@H]2C(C)(C)C1=O. The van der Waals surface area contributed by atoms with Crippen molar-refractivity contribution < 1.29 is 14.4 Å². The maximum Gasteiger partial charge on any atom is 0.237 e. The van der Waals surface area contributed by atoms with E-state index in [4.69, 9.17) is 6.57 Å². The lowest BCUT2D eigenvalue weighted by Crippen LogP contribution is -2.66. The summed E-state index contributed by atoms with van der Waals surface area (Å²) in [5.74, 6) is 0.0324. The highest BCUT2D eigenvalue weighted by Gasteiger charge is 2.70. The number of carbonyl (C=O) groups is 3. The zero-order chi connectivity index (χ0) is 30.0. The Kier molecular flexibility index (Phi) is 5.83. The first-order chi connectivity index (χ1) is 19.0. The molecule has 7 atom stereocenters. The van der Waals surface area contributed by atoms with E-state index in [1.54, 1.807) is 0 Å². The molecule has 41 heavy (non-hydrogen) atoms. The Bertz CT molecular complexity index is 1480. The molecule has 0 N–H and O–H groups in total. The normalized spacial score (nSPS) is 42.5. The van der Waals surface area contributed by atoms with Crippen LogP contribution in [-0.2, 0) is 9.59 Å². The van der Waals surface area contributed by atoms with E-state index < -0.39 is 16.2 Å². The molecule has 5 aliphatic carbocycles. The molecule has 218 valence electrons. The van der Waals surface area contributed by atoms with E-state index in [1.165, 1.54) is 0 Å². The number of fused-ring (bicyclic) bond motifs is 7. The lowest BCUT2D eigenvalue weighted by molar-refractivity contribution is -0.164. The minimum Gasteiger partial charge on any atom is -0.307 e. The molecule has 0 spiro atoms. The number of hydrogen-bond acceptors (Lipinski definition) is 3. The molecule has 0 saturated heterocycles. The number of carbonyl (C=O) groups excluding carboxylic acids is 3. The van der Waals surface area contributed by atoms with Crippen molar-refractivity contribution in [2.75, 3.05) is 0 Å². The Hall–Kier alpha value is -2.74. The second-order valence-corrected chi connectivity index (χ2v) is 16.2. The third-order valence-electron chi connectivity index (χ3n) is 13.4. The van der Waals surface area contributed by atoms with Crippen molar-refractivity contribution in [3.8, 4) is 0 Å². The molecular formula is C36H46N2O3. The molecule has 5 nitrogen and oxygen atoms in total. The van der Waals surface area contributed by atoms with Crippen LogP contribution in [0.2, 0.25) is 0 Å². The van der Waals surface area contributed by atoms with Crippen LogP contribution in [0.5, 0.6) is 0 Å². The average Bonchev–Trinajstić information content (AvgIpc) is 3.32. The summed E-state index contributed by atoms with van der Waals surface area (Å²) in [5, 5.41) is 0. The minimum absolute atomic E-state index is 0.0225. The van der Waals surface area contributed by atoms with Gasteiger partial charge in [0.25, 0.3) is 0 Å². The summed E-state index contributed by atoms with van der Waals surface area (Å²) in [6.07, 6.45) is 11.8. The fraction of sp³-hybridized carbons (Fsp3) is 0.667. The Morgan fingerprint density at radius 1 is 1.00 bits per heavy atom. The van der Waals surface area contributed by atoms with Crippen molar-refractivity contribution in [2.45, 2.75) is 100 Å². The summed E-state index contributed by atoms with van der Waals surface area (Å²) in [7, 11) is 0. The zero-order valence-electron chi connectivity index (χ0n) is 26.2. The van der Waals surface area contributed by atoms with Gasteiger partial charge >= 0.3 is 0 Å². The van der Waals surface area contributed by atoms with Crippen molar-refractivity contribution in [1.29, 1.82) is 0 Å². The molecule has 2 unspecified atom stereocenters. The Balaban J connectivity index is 1.53. The first-order valence-corrected chi connectivity index (χ1v) is 15.6. The van der Waals surface area contributed by atoms with Gasteiger partial charge in [-0.05, 0) is 98.2 Å². The fourth-order valence-corrected chi connectivity index (χ4v) is 10.9. The quantitative estimate of drug-likeness (QED) is 0.330. The highest BCUT2D eigenvalue weighted by molar-refractivity contribution is 6.03. The van der Waals surface area contributed by atoms with Crippen molar-refractivity contribution in [2.24, 2.45) is 50.2 Å². The lowest BCUT2D eigenvalue weighted by Gasteiger charge is -2.69. The lowest BCUT2D eigenvalue weighted by atomic mass is 9.34. The van der Waals surface area contributed by atoms with Crippen molar-refractivity contribution in [3.05, 3.63) is 58.9 Å². The Morgan fingerprint density at radius 3 is 2.32 bits per heavy atom. The van der Waals surface area contributed by atoms with Crippen LogP contribution in [0.1, 0.15) is 104 Å². The van der Waals surface area contributed by atoms with Gasteiger partial charge in [-0.15, -0.1) is 0 Å². The van der Waals surface area contributed by atoms with Crippen LogP contribution in [0, 0.1) is 63.7 Å². The smallest absolute Gasteiger partial charge is 0.237 e. The number of allylic oxidation sites excluding steroid dienone is 4. The predicted octanol–water partition coefficient (Wildman–Crippen LogP) is 8.01. The van der Waals surface area contributed by atoms with E-state index in [1.807, 2.05) is 55.8 Å². The van der Waals surface area contributed by atoms with Gasteiger partial charge in [-0.3, -0.25) is 14.2 Å². The van der Waals surface area contributed by atoms with E-state index in [0.717, 1.165) is 56.2 Å². The van der Waals surface area contributed by atoms with Gasteiger partial charge in [-0.2, -0.15) is 0 Å². The third kappa shape index (κ3) is 3.43. The second kappa shape index (κ2) is 8.42. The molecule has 5 aliphatic rings. The number of Topliss-reactive ketones (excluding diaryl/α,β-unsaturated/α-hetero) is 1. The number of rotatable bonds is 1. The van der Waals surface area contributed by atoms with Gasteiger partial charge in [0.1, 0.15) is 0 Å². The van der Waals surface area contributed by atoms with E-state index in [-0.39, 0.29) is 57.2 Å². The van der Waals surface area contributed by atoms with Crippen LogP contribution in [0.4, 0.5) is 0 Å². The van der Waals surface area contributed by atoms with Crippen LogP contribution in [-0.4, -0.2) is 22.0 Å². The van der Waals surface area contributed by atoms with Gasteiger partial charge in [0.2, 0.25) is 11.6 Å². The molecule has 3 fully saturated rings. The molecule has 0 radical (unpaired) electrons. The molecular weight excluding hydrogens is 508 g/mol. The molecule has 1 aromatic heterocycles. The van der Waals surface area contributed by atoms with E-state index in [2.05, 4.69) is 39.5 Å². The molecule has 0 aliphatic heterocycles. The van der Waals surface area contributed by atoms with Crippen molar-refractivity contribution >= 4 is 17.5 Å². The number of ketones is 2. The molecule has 0 aromatic carbocycles. The maximum atomic E-state index is 14.7.